The van der Waals surface area contributed by atoms with Gasteiger partial charge in [0.1, 0.15) is 0 Å². The van der Waals surface area contributed by atoms with Gasteiger partial charge in [0.25, 0.3) is 0 Å². The van der Waals surface area contributed by atoms with Crippen LogP contribution < -0.4 is 14.8 Å². The van der Waals surface area contributed by atoms with Gasteiger partial charge >= 0.3 is 0 Å². The van der Waals surface area contributed by atoms with E-state index in [4.69, 9.17) is 9.47 Å². The number of rotatable bonds is 6. The van der Waals surface area contributed by atoms with Crippen LogP contribution in [0.3, 0.4) is 0 Å². The zero-order chi connectivity index (χ0) is 12.8. The summed E-state index contributed by atoms with van der Waals surface area (Å²) in [6.07, 6.45) is 4.87. The summed E-state index contributed by atoms with van der Waals surface area (Å²) in [5, 5.41) is 3.50. The Morgan fingerprint density at radius 3 is 3.06 bits per heavy atom. The van der Waals surface area contributed by atoms with Gasteiger partial charge in [-0.3, -0.25) is 0 Å². The molecule has 1 N–H and O–H groups in total. The van der Waals surface area contributed by atoms with E-state index in [1.165, 1.54) is 25.8 Å². The first kappa shape index (κ1) is 13.7. The molecular weight excluding hydrogens is 294 g/mol. The first-order valence-electron chi connectivity index (χ1n) is 6.50. The second-order valence-corrected chi connectivity index (χ2v) is 5.41. The Balaban J connectivity index is 1.78. The molecule has 1 aromatic carbocycles. The van der Waals surface area contributed by atoms with E-state index in [1.54, 1.807) is 7.11 Å². The molecule has 100 valence electrons. The standard InChI is InChI=1S/C14H20BrNO2/c1-17-13-8-2-7-12(15)14(13)18-10-4-6-11-5-3-9-16-11/h2,7-8,11,16H,3-6,9-10H2,1H3. The van der Waals surface area contributed by atoms with Gasteiger partial charge in [0.15, 0.2) is 11.5 Å². The minimum absolute atomic E-state index is 0.690. The fourth-order valence-electron chi connectivity index (χ4n) is 2.30. The zero-order valence-corrected chi connectivity index (χ0v) is 12.3. The molecule has 0 amide bonds. The van der Waals surface area contributed by atoms with Crippen LogP contribution in [0.1, 0.15) is 25.7 Å². The fourth-order valence-corrected chi connectivity index (χ4v) is 2.76. The van der Waals surface area contributed by atoms with Crippen LogP contribution in [0.5, 0.6) is 11.5 Å². The summed E-state index contributed by atoms with van der Waals surface area (Å²) in [4.78, 5) is 0. The average Bonchev–Trinajstić information content (AvgIpc) is 2.89. The van der Waals surface area contributed by atoms with E-state index in [0.29, 0.717) is 6.04 Å². The van der Waals surface area contributed by atoms with Crippen molar-refractivity contribution in [1.82, 2.24) is 5.32 Å². The number of nitrogens with one attached hydrogen (secondary N) is 1. The number of ether oxygens (including phenoxy) is 2. The third-order valence-corrected chi connectivity index (χ3v) is 3.88. The van der Waals surface area contributed by atoms with Crippen LogP contribution in [0.25, 0.3) is 0 Å². The van der Waals surface area contributed by atoms with Crippen molar-refractivity contribution in [1.29, 1.82) is 0 Å². The maximum absolute atomic E-state index is 5.82. The first-order valence-corrected chi connectivity index (χ1v) is 7.29. The lowest BCUT2D eigenvalue weighted by Gasteiger charge is -2.13. The summed E-state index contributed by atoms with van der Waals surface area (Å²) < 4.78 is 12.1. The largest absolute Gasteiger partial charge is 0.493 e. The molecule has 1 aliphatic rings. The molecule has 1 fully saturated rings. The van der Waals surface area contributed by atoms with Gasteiger partial charge < -0.3 is 14.8 Å². The van der Waals surface area contributed by atoms with Gasteiger partial charge in [-0.25, -0.2) is 0 Å². The van der Waals surface area contributed by atoms with Crippen LogP contribution in [-0.4, -0.2) is 26.3 Å². The van der Waals surface area contributed by atoms with Crippen LogP contribution >= 0.6 is 15.9 Å². The van der Waals surface area contributed by atoms with Gasteiger partial charge in [0.2, 0.25) is 0 Å². The molecule has 18 heavy (non-hydrogen) atoms. The molecule has 1 heterocycles. The van der Waals surface area contributed by atoms with Crippen molar-refractivity contribution in [2.75, 3.05) is 20.3 Å². The van der Waals surface area contributed by atoms with E-state index >= 15 is 0 Å². The van der Waals surface area contributed by atoms with Crippen LogP contribution in [-0.2, 0) is 0 Å². The fraction of sp³-hybridized carbons (Fsp3) is 0.571. The molecule has 4 heteroatoms. The maximum Gasteiger partial charge on any atom is 0.175 e. The average molecular weight is 314 g/mol. The number of benzene rings is 1. The van der Waals surface area contributed by atoms with Crippen molar-refractivity contribution in [3.05, 3.63) is 22.7 Å². The molecular formula is C14H20BrNO2. The Kier molecular flexibility index (Phi) is 5.32. The molecule has 0 saturated carbocycles. The van der Waals surface area contributed by atoms with Crippen molar-refractivity contribution >= 4 is 15.9 Å². The summed E-state index contributed by atoms with van der Waals surface area (Å²) in [5.41, 5.74) is 0. The lowest BCUT2D eigenvalue weighted by molar-refractivity contribution is 0.279. The van der Waals surface area contributed by atoms with E-state index < -0.39 is 0 Å². The number of hydrogen-bond donors (Lipinski definition) is 1. The second-order valence-electron chi connectivity index (χ2n) is 4.56. The Hall–Kier alpha value is -0.740. The highest BCUT2D eigenvalue weighted by Gasteiger charge is 2.13. The Morgan fingerprint density at radius 1 is 1.44 bits per heavy atom. The molecule has 0 spiro atoms. The predicted molar refractivity (Wildman–Crippen MR) is 76.4 cm³/mol. The summed E-state index contributed by atoms with van der Waals surface area (Å²) in [5.74, 6) is 1.59. The summed E-state index contributed by atoms with van der Waals surface area (Å²) in [7, 11) is 1.66. The van der Waals surface area contributed by atoms with E-state index in [2.05, 4.69) is 21.2 Å². The normalized spacial score (nSPS) is 18.9. The van der Waals surface area contributed by atoms with Crippen LogP contribution in [0.15, 0.2) is 22.7 Å². The Morgan fingerprint density at radius 2 is 2.33 bits per heavy atom. The summed E-state index contributed by atoms with van der Waals surface area (Å²) >= 11 is 3.49. The van der Waals surface area contributed by atoms with Crippen molar-refractivity contribution in [2.45, 2.75) is 31.7 Å². The van der Waals surface area contributed by atoms with E-state index in [-0.39, 0.29) is 0 Å². The number of methoxy groups -OCH3 is 1. The van der Waals surface area contributed by atoms with Gasteiger partial charge in [-0.2, -0.15) is 0 Å². The lowest BCUT2D eigenvalue weighted by Crippen LogP contribution is -2.21. The minimum atomic E-state index is 0.690. The molecule has 0 bridgehead atoms. The van der Waals surface area contributed by atoms with Gasteiger partial charge in [-0.1, -0.05) is 6.07 Å². The minimum Gasteiger partial charge on any atom is -0.493 e. The smallest absolute Gasteiger partial charge is 0.175 e. The topological polar surface area (TPSA) is 30.5 Å². The Labute approximate surface area is 117 Å². The van der Waals surface area contributed by atoms with Gasteiger partial charge in [-0.05, 0) is 60.3 Å². The molecule has 1 aromatic rings. The SMILES string of the molecule is COc1cccc(Br)c1OCCCC1CCCN1. The molecule has 0 radical (unpaired) electrons. The first-order chi connectivity index (χ1) is 8.81. The molecule has 1 saturated heterocycles. The van der Waals surface area contributed by atoms with Crippen molar-refractivity contribution < 1.29 is 9.47 Å². The van der Waals surface area contributed by atoms with Crippen LogP contribution in [0.4, 0.5) is 0 Å². The van der Waals surface area contributed by atoms with E-state index in [1.807, 2.05) is 18.2 Å². The monoisotopic (exact) mass is 313 g/mol. The van der Waals surface area contributed by atoms with Crippen molar-refractivity contribution in [3.8, 4) is 11.5 Å². The molecule has 1 unspecified atom stereocenters. The van der Waals surface area contributed by atoms with Crippen molar-refractivity contribution in [3.63, 3.8) is 0 Å². The number of para-hydroxylation sites is 1. The van der Waals surface area contributed by atoms with Crippen LogP contribution in [0.2, 0.25) is 0 Å². The quantitative estimate of drug-likeness (QED) is 0.817. The number of hydrogen-bond acceptors (Lipinski definition) is 3. The third kappa shape index (κ3) is 3.62. The molecule has 1 aliphatic heterocycles. The predicted octanol–water partition coefficient (Wildman–Crippen LogP) is 3.37. The highest BCUT2D eigenvalue weighted by Crippen LogP contribution is 2.34. The van der Waals surface area contributed by atoms with E-state index in [9.17, 15) is 0 Å². The molecule has 0 aliphatic carbocycles. The summed E-state index contributed by atoms with van der Waals surface area (Å²) in [6.45, 7) is 1.90. The third-order valence-electron chi connectivity index (χ3n) is 3.26. The molecule has 2 rings (SSSR count). The molecule has 1 atom stereocenters. The summed E-state index contributed by atoms with van der Waals surface area (Å²) in [6, 6.07) is 6.52. The van der Waals surface area contributed by atoms with Gasteiger partial charge in [0, 0.05) is 6.04 Å². The number of halogens is 1. The van der Waals surface area contributed by atoms with Crippen LogP contribution in [0, 0.1) is 0 Å². The van der Waals surface area contributed by atoms with E-state index in [0.717, 1.165) is 29.0 Å². The van der Waals surface area contributed by atoms with Gasteiger partial charge in [-0.15, -0.1) is 0 Å². The Bertz CT molecular complexity index is 378. The molecule has 3 nitrogen and oxygen atoms in total. The van der Waals surface area contributed by atoms with Crippen molar-refractivity contribution in [2.24, 2.45) is 0 Å². The highest BCUT2D eigenvalue weighted by atomic mass is 79.9. The lowest BCUT2D eigenvalue weighted by atomic mass is 10.1. The molecule has 0 aromatic heterocycles. The highest BCUT2D eigenvalue weighted by molar-refractivity contribution is 9.10. The maximum atomic E-state index is 5.82. The van der Waals surface area contributed by atoms with Gasteiger partial charge in [0.05, 0.1) is 18.2 Å². The second kappa shape index (κ2) is 7.00. The zero-order valence-electron chi connectivity index (χ0n) is 10.7.